The summed E-state index contributed by atoms with van der Waals surface area (Å²) in [5, 5.41) is 11.0. The van der Waals surface area contributed by atoms with Crippen LogP contribution in [-0.2, 0) is 11.3 Å². The van der Waals surface area contributed by atoms with Crippen molar-refractivity contribution in [1.29, 1.82) is 0 Å². The second-order valence-electron chi connectivity index (χ2n) is 5.59. The minimum atomic E-state index is -0.897. The molecule has 0 spiro atoms. The number of carbonyl (C=O) groups excluding carboxylic acids is 2. The van der Waals surface area contributed by atoms with Crippen LogP contribution in [0.2, 0.25) is 5.02 Å². The third-order valence-electron chi connectivity index (χ3n) is 3.61. The number of aromatic nitrogens is 3. The molecule has 140 valence electrons. The van der Waals surface area contributed by atoms with Crippen LogP contribution in [0.4, 0.5) is 4.79 Å². The Morgan fingerprint density at radius 1 is 1.30 bits per heavy atom. The lowest BCUT2D eigenvalue weighted by Gasteiger charge is -2.12. The van der Waals surface area contributed by atoms with Gasteiger partial charge in [0.05, 0.1) is 18.1 Å². The van der Waals surface area contributed by atoms with Crippen molar-refractivity contribution in [2.24, 2.45) is 5.73 Å². The maximum Gasteiger partial charge on any atom is 0.318 e. The molecule has 3 aromatic rings. The van der Waals surface area contributed by atoms with Gasteiger partial charge in [-0.1, -0.05) is 23.4 Å². The number of benzene rings is 1. The van der Waals surface area contributed by atoms with E-state index in [2.05, 4.69) is 15.5 Å². The molecule has 1 atom stereocenters. The molecule has 8 nitrogen and oxygen atoms in total. The molecule has 3 amide bonds. The first-order valence-corrected chi connectivity index (χ1v) is 9.18. The van der Waals surface area contributed by atoms with Crippen LogP contribution in [0, 0.1) is 0 Å². The monoisotopic (exact) mass is 405 g/mol. The Bertz CT molecular complexity index is 940. The van der Waals surface area contributed by atoms with Crippen molar-refractivity contribution in [1.82, 2.24) is 20.1 Å². The number of thioether (sulfide) groups is 1. The number of hydrogen-bond acceptors (Lipinski definition) is 6. The van der Waals surface area contributed by atoms with Crippen LogP contribution in [0.3, 0.4) is 0 Å². The van der Waals surface area contributed by atoms with E-state index in [9.17, 15) is 9.59 Å². The van der Waals surface area contributed by atoms with E-state index in [1.54, 1.807) is 31.4 Å². The zero-order valence-electron chi connectivity index (χ0n) is 14.3. The van der Waals surface area contributed by atoms with E-state index >= 15 is 0 Å². The molecule has 27 heavy (non-hydrogen) atoms. The van der Waals surface area contributed by atoms with Gasteiger partial charge in [0, 0.05) is 10.6 Å². The molecule has 2 heterocycles. The van der Waals surface area contributed by atoms with E-state index in [1.165, 1.54) is 0 Å². The van der Waals surface area contributed by atoms with E-state index in [0.717, 1.165) is 17.3 Å². The van der Waals surface area contributed by atoms with Gasteiger partial charge in [-0.3, -0.25) is 14.7 Å². The van der Waals surface area contributed by atoms with Gasteiger partial charge in [-0.15, -0.1) is 10.2 Å². The second-order valence-corrected chi connectivity index (χ2v) is 7.34. The Hall–Kier alpha value is -2.78. The van der Waals surface area contributed by atoms with Crippen molar-refractivity contribution in [2.75, 3.05) is 0 Å². The second kappa shape index (κ2) is 8.28. The van der Waals surface area contributed by atoms with Crippen LogP contribution < -0.4 is 11.1 Å². The number of furan rings is 1. The average molecular weight is 406 g/mol. The summed E-state index contributed by atoms with van der Waals surface area (Å²) in [6.07, 6.45) is 1.58. The number of primary amides is 1. The Kier molecular flexibility index (Phi) is 5.82. The normalized spacial score (nSPS) is 11.9. The van der Waals surface area contributed by atoms with Gasteiger partial charge in [-0.25, -0.2) is 4.79 Å². The Morgan fingerprint density at radius 2 is 2.04 bits per heavy atom. The van der Waals surface area contributed by atoms with E-state index in [1.807, 2.05) is 22.8 Å². The molecule has 2 aromatic heterocycles. The molecule has 0 aliphatic heterocycles. The number of nitrogens with one attached hydrogen (secondary N) is 1. The maximum absolute atomic E-state index is 12.0. The fraction of sp³-hybridized carbons (Fsp3) is 0.176. The quantitative estimate of drug-likeness (QED) is 0.609. The standard InChI is InChI=1S/C17H16ClN5O3S/c1-10(15(24)20-16(19)25)27-17-22-21-14(11-4-6-12(18)7-5-11)23(17)9-13-3-2-8-26-13/h2-8,10H,9H2,1H3,(H3,19,20,24,25). The molecule has 0 aliphatic rings. The van der Waals surface area contributed by atoms with Crippen molar-refractivity contribution >= 4 is 35.3 Å². The van der Waals surface area contributed by atoms with Gasteiger partial charge in [-0.05, 0) is 43.3 Å². The number of halogens is 1. The van der Waals surface area contributed by atoms with Gasteiger partial charge in [0.2, 0.25) is 5.91 Å². The number of rotatable bonds is 6. The first-order valence-electron chi connectivity index (χ1n) is 7.92. The highest BCUT2D eigenvalue weighted by atomic mass is 35.5. The largest absolute Gasteiger partial charge is 0.467 e. The Balaban J connectivity index is 1.92. The van der Waals surface area contributed by atoms with Crippen LogP contribution in [0.1, 0.15) is 12.7 Å². The molecule has 1 unspecified atom stereocenters. The number of nitrogens with zero attached hydrogens (tertiary/aromatic N) is 3. The van der Waals surface area contributed by atoms with Crippen LogP contribution in [0.15, 0.2) is 52.2 Å². The zero-order valence-corrected chi connectivity index (χ0v) is 15.8. The number of urea groups is 1. The molecule has 1 aromatic carbocycles. The topological polar surface area (TPSA) is 116 Å². The van der Waals surface area contributed by atoms with Gasteiger partial charge in [0.1, 0.15) is 5.76 Å². The number of imide groups is 1. The van der Waals surface area contributed by atoms with E-state index in [4.69, 9.17) is 21.8 Å². The Morgan fingerprint density at radius 3 is 2.67 bits per heavy atom. The summed E-state index contributed by atoms with van der Waals surface area (Å²) in [6, 6.07) is 9.93. The zero-order chi connectivity index (χ0) is 19.4. The maximum atomic E-state index is 12.0. The predicted octanol–water partition coefficient (Wildman–Crippen LogP) is 2.92. The fourth-order valence-corrected chi connectivity index (χ4v) is 3.30. The first kappa shape index (κ1) is 19.0. The molecule has 3 N–H and O–H groups in total. The summed E-state index contributed by atoms with van der Waals surface area (Å²) in [5.41, 5.74) is 5.82. The molecular weight excluding hydrogens is 390 g/mol. The highest BCUT2D eigenvalue weighted by Gasteiger charge is 2.22. The molecule has 0 saturated carbocycles. The fourth-order valence-electron chi connectivity index (χ4n) is 2.32. The summed E-state index contributed by atoms with van der Waals surface area (Å²) in [4.78, 5) is 22.9. The predicted molar refractivity (Wildman–Crippen MR) is 101 cm³/mol. The van der Waals surface area contributed by atoms with Gasteiger partial charge in [0.15, 0.2) is 11.0 Å². The van der Waals surface area contributed by atoms with Crippen LogP contribution in [0.5, 0.6) is 0 Å². The smallest absolute Gasteiger partial charge is 0.318 e. The van der Waals surface area contributed by atoms with Gasteiger partial charge in [-0.2, -0.15) is 0 Å². The van der Waals surface area contributed by atoms with Crippen LogP contribution >= 0.6 is 23.4 Å². The van der Waals surface area contributed by atoms with Crippen molar-refractivity contribution in [3.8, 4) is 11.4 Å². The summed E-state index contributed by atoms with van der Waals surface area (Å²) < 4.78 is 7.26. The molecule has 10 heteroatoms. The minimum Gasteiger partial charge on any atom is -0.467 e. The summed E-state index contributed by atoms with van der Waals surface area (Å²) in [5.74, 6) is 0.808. The van der Waals surface area contributed by atoms with Crippen LogP contribution in [0.25, 0.3) is 11.4 Å². The van der Waals surface area contributed by atoms with Crippen molar-refractivity contribution < 1.29 is 14.0 Å². The van der Waals surface area contributed by atoms with Gasteiger partial charge >= 0.3 is 6.03 Å². The third kappa shape index (κ3) is 4.69. The number of nitrogens with two attached hydrogens (primary N) is 1. The summed E-state index contributed by atoms with van der Waals surface area (Å²) in [7, 11) is 0. The molecule has 0 radical (unpaired) electrons. The SMILES string of the molecule is CC(Sc1nnc(-c2ccc(Cl)cc2)n1Cc1ccco1)C(=O)NC(N)=O. The highest BCUT2D eigenvalue weighted by molar-refractivity contribution is 8.00. The summed E-state index contributed by atoms with van der Waals surface area (Å²) >= 11 is 7.12. The number of hydrogen-bond donors (Lipinski definition) is 2. The molecule has 0 fully saturated rings. The van der Waals surface area contributed by atoms with Crippen molar-refractivity contribution in [2.45, 2.75) is 23.9 Å². The van der Waals surface area contributed by atoms with Gasteiger partial charge in [0.25, 0.3) is 0 Å². The van der Waals surface area contributed by atoms with E-state index in [0.29, 0.717) is 28.3 Å². The minimum absolute atomic E-state index is 0.379. The molecule has 0 aliphatic carbocycles. The van der Waals surface area contributed by atoms with Crippen molar-refractivity contribution in [3.05, 3.63) is 53.4 Å². The number of carbonyl (C=O) groups is 2. The lowest BCUT2D eigenvalue weighted by molar-refractivity contribution is -0.119. The van der Waals surface area contributed by atoms with E-state index < -0.39 is 17.2 Å². The van der Waals surface area contributed by atoms with E-state index in [-0.39, 0.29) is 0 Å². The van der Waals surface area contributed by atoms with Crippen LogP contribution in [-0.4, -0.2) is 32.0 Å². The lowest BCUT2D eigenvalue weighted by Crippen LogP contribution is -2.39. The lowest BCUT2D eigenvalue weighted by atomic mass is 10.2. The molecule has 3 rings (SSSR count). The van der Waals surface area contributed by atoms with Gasteiger partial charge < -0.3 is 10.2 Å². The number of amides is 3. The van der Waals surface area contributed by atoms with Crippen molar-refractivity contribution in [3.63, 3.8) is 0 Å². The molecule has 0 bridgehead atoms. The average Bonchev–Trinajstić information content (AvgIpc) is 3.26. The molecule has 0 saturated heterocycles. The Labute approximate surface area is 164 Å². The summed E-state index contributed by atoms with van der Waals surface area (Å²) in [6.45, 7) is 2.03. The highest BCUT2D eigenvalue weighted by Crippen LogP contribution is 2.28. The molecular formula is C17H16ClN5O3S. The third-order valence-corrected chi connectivity index (χ3v) is 4.94. The first-order chi connectivity index (χ1) is 12.9.